The molecule has 4 nitrogen and oxygen atoms in total. The lowest BCUT2D eigenvalue weighted by Crippen LogP contribution is -2.32. The predicted octanol–water partition coefficient (Wildman–Crippen LogP) is 2.39. The summed E-state index contributed by atoms with van der Waals surface area (Å²) in [6.45, 7) is 6.19. The van der Waals surface area contributed by atoms with Crippen molar-refractivity contribution in [2.24, 2.45) is 5.92 Å². The number of benzene rings is 1. The van der Waals surface area contributed by atoms with Crippen molar-refractivity contribution >= 4 is 17.6 Å². The largest absolute Gasteiger partial charge is 0.478 e. The van der Waals surface area contributed by atoms with Gasteiger partial charge in [0.15, 0.2) is 0 Å². The van der Waals surface area contributed by atoms with Crippen molar-refractivity contribution in [2.45, 2.75) is 20.8 Å². The molecule has 1 N–H and O–H groups in total. The fraction of sp³-hybridized carbons (Fsp3) is 0.385. The van der Waals surface area contributed by atoms with Crippen LogP contribution in [-0.2, 0) is 4.79 Å². The number of aromatic carboxylic acids is 1. The zero-order chi connectivity index (χ0) is 13.0. The van der Waals surface area contributed by atoms with Crippen LogP contribution in [0.2, 0.25) is 0 Å². The topological polar surface area (TPSA) is 57.6 Å². The van der Waals surface area contributed by atoms with Gasteiger partial charge in [-0.2, -0.15) is 0 Å². The molecule has 1 rings (SSSR count). The third-order valence-electron chi connectivity index (χ3n) is 2.35. The molecule has 0 spiro atoms. The van der Waals surface area contributed by atoms with Crippen LogP contribution in [0.25, 0.3) is 0 Å². The van der Waals surface area contributed by atoms with Gasteiger partial charge >= 0.3 is 5.97 Å². The molecule has 92 valence electrons. The number of carboxylic acid groups (broad SMARTS) is 1. The standard InChI is InChI=1S/C13H17NO3/c1-9(2)8-14(10(3)15)12-6-4-11(5-7-12)13(16)17/h4-7,9H,8H2,1-3H3,(H,16,17). The van der Waals surface area contributed by atoms with Crippen LogP contribution in [0.1, 0.15) is 31.1 Å². The minimum absolute atomic E-state index is 0.0400. The summed E-state index contributed by atoms with van der Waals surface area (Å²) in [6.07, 6.45) is 0. The Kier molecular flexibility index (Phi) is 4.26. The maximum atomic E-state index is 11.5. The van der Waals surface area contributed by atoms with E-state index >= 15 is 0 Å². The average molecular weight is 235 g/mol. The van der Waals surface area contributed by atoms with Gasteiger partial charge in [-0.25, -0.2) is 4.79 Å². The second-order valence-electron chi connectivity index (χ2n) is 4.38. The number of anilines is 1. The molecule has 0 bridgehead atoms. The normalized spacial score (nSPS) is 10.4. The number of hydrogen-bond donors (Lipinski definition) is 1. The Morgan fingerprint density at radius 2 is 1.76 bits per heavy atom. The van der Waals surface area contributed by atoms with E-state index in [4.69, 9.17) is 5.11 Å². The first kappa shape index (κ1) is 13.2. The number of rotatable bonds is 4. The lowest BCUT2D eigenvalue weighted by Gasteiger charge is -2.23. The molecule has 17 heavy (non-hydrogen) atoms. The zero-order valence-corrected chi connectivity index (χ0v) is 10.3. The Morgan fingerprint density at radius 3 is 2.12 bits per heavy atom. The minimum Gasteiger partial charge on any atom is -0.478 e. The molecule has 0 aliphatic rings. The molecule has 1 amide bonds. The van der Waals surface area contributed by atoms with Crippen LogP contribution in [0, 0.1) is 5.92 Å². The third kappa shape index (κ3) is 3.59. The van der Waals surface area contributed by atoms with Crippen LogP contribution in [0.4, 0.5) is 5.69 Å². The highest BCUT2D eigenvalue weighted by atomic mass is 16.4. The van der Waals surface area contributed by atoms with Crippen molar-refractivity contribution < 1.29 is 14.7 Å². The summed E-state index contributed by atoms with van der Waals surface area (Å²) in [6, 6.07) is 6.34. The van der Waals surface area contributed by atoms with Crippen molar-refractivity contribution in [3.8, 4) is 0 Å². The summed E-state index contributed by atoms with van der Waals surface area (Å²) in [4.78, 5) is 23.9. The molecule has 0 unspecified atom stereocenters. The molecule has 1 aromatic carbocycles. The van der Waals surface area contributed by atoms with Gasteiger partial charge in [0.25, 0.3) is 0 Å². The molecular formula is C13H17NO3. The molecule has 0 heterocycles. The van der Waals surface area contributed by atoms with Crippen molar-refractivity contribution in [1.29, 1.82) is 0 Å². The number of carboxylic acids is 1. The van der Waals surface area contributed by atoms with E-state index in [0.717, 1.165) is 5.69 Å². The van der Waals surface area contributed by atoms with Gasteiger partial charge in [0.1, 0.15) is 0 Å². The molecule has 0 saturated carbocycles. The molecule has 0 aliphatic heterocycles. The second kappa shape index (κ2) is 5.48. The van der Waals surface area contributed by atoms with Crippen LogP contribution in [0.5, 0.6) is 0 Å². The minimum atomic E-state index is -0.963. The van der Waals surface area contributed by atoms with Crippen molar-refractivity contribution in [2.75, 3.05) is 11.4 Å². The van der Waals surface area contributed by atoms with E-state index in [1.165, 1.54) is 19.1 Å². The second-order valence-corrected chi connectivity index (χ2v) is 4.38. The summed E-state index contributed by atoms with van der Waals surface area (Å²) in [5.74, 6) is -0.644. The maximum absolute atomic E-state index is 11.5. The Hall–Kier alpha value is -1.84. The lowest BCUT2D eigenvalue weighted by molar-refractivity contribution is -0.116. The van der Waals surface area contributed by atoms with E-state index in [2.05, 4.69) is 0 Å². The summed E-state index contributed by atoms with van der Waals surface area (Å²) in [5, 5.41) is 8.79. The highest BCUT2D eigenvalue weighted by Crippen LogP contribution is 2.17. The highest BCUT2D eigenvalue weighted by Gasteiger charge is 2.13. The number of carbonyl (C=O) groups is 2. The average Bonchev–Trinajstić information content (AvgIpc) is 2.25. The van der Waals surface area contributed by atoms with E-state index < -0.39 is 5.97 Å². The molecule has 0 radical (unpaired) electrons. The Labute approximate surface area is 101 Å². The number of hydrogen-bond acceptors (Lipinski definition) is 2. The summed E-state index contributed by atoms with van der Waals surface area (Å²) in [7, 11) is 0. The van der Waals surface area contributed by atoms with Gasteiger partial charge in [0, 0.05) is 19.2 Å². The lowest BCUT2D eigenvalue weighted by atomic mass is 10.1. The van der Waals surface area contributed by atoms with Gasteiger partial charge in [-0.05, 0) is 30.2 Å². The van der Waals surface area contributed by atoms with Crippen LogP contribution >= 0.6 is 0 Å². The fourth-order valence-corrected chi connectivity index (χ4v) is 1.56. The van der Waals surface area contributed by atoms with Crippen molar-refractivity contribution in [3.63, 3.8) is 0 Å². The van der Waals surface area contributed by atoms with Gasteiger partial charge in [-0.1, -0.05) is 13.8 Å². The van der Waals surface area contributed by atoms with Crippen LogP contribution in [0.15, 0.2) is 24.3 Å². The summed E-state index contributed by atoms with van der Waals surface area (Å²) < 4.78 is 0. The van der Waals surface area contributed by atoms with Crippen LogP contribution in [-0.4, -0.2) is 23.5 Å². The quantitative estimate of drug-likeness (QED) is 0.871. The SMILES string of the molecule is CC(=O)N(CC(C)C)c1ccc(C(=O)O)cc1. The van der Waals surface area contributed by atoms with E-state index in [1.54, 1.807) is 17.0 Å². The van der Waals surface area contributed by atoms with Gasteiger partial charge < -0.3 is 10.0 Å². The van der Waals surface area contributed by atoms with E-state index in [-0.39, 0.29) is 11.5 Å². The smallest absolute Gasteiger partial charge is 0.335 e. The van der Waals surface area contributed by atoms with Crippen molar-refractivity contribution in [3.05, 3.63) is 29.8 Å². The highest BCUT2D eigenvalue weighted by molar-refractivity contribution is 5.93. The fourth-order valence-electron chi connectivity index (χ4n) is 1.56. The third-order valence-corrected chi connectivity index (χ3v) is 2.35. The van der Waals surface area contributed by atoms with Gasteiger partial charge in [-0.15, -0.1) is 0 Å². The molecule has 0 atom stereocenters. The summed E-state index contributed by atoms with van der Waals surface area (Å²) in [5.41, 5.74) is 0.956. The van der Waals surface area contributed by atoms with Gasteiger partial charge in [0.05, 0.1) is 5.56 Å². The molecule has 0 aliphatic carbocycles. The molecule has 0 aromatic heterocycles. The molecule has 1 aromatic rings. The number of carbonyl (C=O) groups excluding carboxylic acids is 1. The van der Waals surface area contributed by atoms with Crippen molar-refractivity contribution in [1.82, 2.24) is 0 Å². The Morgan fingerprint density at radius 1 is 1.24 bits per heavy atom. The van der Waals surface area contributed by atoms with Crippen LogP contribution in [0.3, 0.4) is 0 Å². The summed E-state index contributed by atoms with van der Waals surface area (Å²) >= 11 is 0. The first-order chi connectivity index (χ1) is 7.91. The van der Waals surface area contributed by atoms with Gasteiger partial charge in [-0.3, -0.25) is 4.79 Å². The Bertz CT molecular complexity index is 409. The first-order valence-corrected chi connectivity index (χ1v) is 5.53. The van der Waals surface area contributed by atoms with Crippen LogP contribution < -0.4 is 4.90 Å². The molecule has 0 fully saturated rings. The van der Waals surface area contributed by atoms with Gasteiger partial charge in [0.2, 0.25) is 5.91 Å². The number of nitrogens with zero attached hydrogens (tertiary/aromatic N) is 1. The molecule has 0 saturated heterocycles. The van der Waals surface area contributed by atoms with E-state index in [1.807, 2.05) is 13.8 Å². The van der Waals surface area contributed by atoms with E-state index in [9.17, 15) is 9.59 Å². The molecule has 4 heteroatoms. The monoisotopic (exact) mass is 235 g/mol. The van der Waals surface area contributed by atoms with E-state index in [0.29, 0.717) is 12.5 Å². The number of amides is 1. The maximum Gasteiger partial charge on any atom is 0.335 e. The Balaban J connectivity index is 2.95. The predicted molar refractivity (Wildman–Crippen MR) is 66.3 cm³/mol. The molecular weight excluding hydrogens is 218 g/mol. The zero-order valence-electron chi connectivity index (χ0n) is 10.3. The first-order valence-electron chi connectivity index (χ1n) is 5.53.